The van der Waals surface area contributed by atoms with Crippen molar-refractivity contribution in [1.82, 2.24) is 0 Å². The molecule has 0 aliphatic carbocycles. The van der Waals surface area contributed by atoms with Crippen molar-refractivity contribution >= 4 is 0 Å². The van der Waals surface area contributed by atoms with Crippen LogP contribution in [0.1, 0.15) is 5.56 Å². The van der Waals surface area contributed by atoms with Crippen molar-refractivity contribution in [2.24, 2.45) is 0 Å². The molecule has 0 unspecified atom stereocenters. The SMILES string of the molecule is [CH2]Cc1cc(O)cc(OC)c1. The Hall–Kier alpha value is -1.18. The lowest BCUT2D eigenvalue weighted by Crippen LogP contribution is -1.85. The Morgan fingerprint density at radius 2 is 2.18 bits per heavy atom. The third-order valence-electron chi connectivity index (χ3n) is 1.48. The largest absolute Gasteiger partial charge is 0.508 e. The molecule has 0 spiro atoms. The molecule has 0 aliphatic rings. The van der Waals surface area contributed by atoms with Gasteiger partial charge in [-0.25, -0.2) is 0 Å². The first-order chi connectivity index (χ1) is 5.26. The third kappa shape index (κ3) is 1.87. The van der Waals surface area contributed by atoms with E-state index in [-0.39, 0.29) is 5.75 Å². The van der Waals surface area contributed by atoms with Gasteiger partial charge in [-0.1, -0.05) is 0 Å². The van der Waals surface area contributed by atoms with Gasteiger partial charge in [0.2, 0.25) is 0 Å². The van der Waals surface area contributed by atoms with E-state index in [1.165, 1.54) is 0 Å². The summed E-state index contributed by atoms with van der Waals surface area (Å²) in [5.74, 6) is 0.895. The van der Waals surface area contributed by atoms with Gasteiger partial charge in [-0.15, -0.1) is 0 Å². The first-order valence-corrected chi connectivity index (χ1v) is 3.42. The summed E-state index contributed by atoms with van der Waals surface area (Å²) in [7, 11) is 1.57. The van der Waals surface area contributed by atoms with Gasteiger partial charge < -0.3 is 9.84 Å². The van der Waals surface area contributed by atoms with Crippen LogP contribution in [0.2, 0.25) is 0 Å². The molecule has 59 valence electrons. The molecule has 0 aliphatic heterocycles. The molecule has 2 nitrogen and oxygen atoms in total. The van der Waals surface area contributed by atoms with Crippen LogP contribution in [0.3, 0.4) is 0 Å². The normalized spacial score (nSPS) is 9.64. The van der Waals surface area contributed by atoms with Crippen LogP contribution in [0.25, 0.3) is 0 Å². The highest BCUT2D eigenvalue weighted by Gasteiger charge is 1.97. The summed E-state index contributed by atoms with van der Waals surface area (Å²) in [5.41, 5.74) is 0.974. The number of methoxy groups -OCH3 is 1. The second-order valence-corrected chi connectivity index (χ2v) is 2.29. The van der Waals surface area contributed by atoms with Gasteiger partial charge in [-0.2, -0.15) is 0 Å². The first kappa shape index (κ1) is 7.92. The number of benzene rings is 1. The zero-order chi connectivity index (χ0) is 8.27. The molecule has 11 heavy (non-hydrogen) atoms. The Morgan fingerprint density at radius 3 is 2.73 bits per heavy atom. The van der Waals surface area contributed by atoms with Crippen LogP contribution in [0.5, 0.6) is 11.5 Å². The van der Waals surface area contributed by atoms with E-state index in [0.29, 0.717) is 12.2 Å². The Labute approximate surface area is 66.4 Å². The van der Waals surface area contributed by atoms with Gasteiger partial charge in [0.25, 0.3) is 0 Å². The summed E-state index contributed by atoms with van der Waals surface area (Å²) in [4.78, 5) is 0. The predicted molar refractivity (Wildman–Crippen MR) is 43.7 cm³/mol. The fraction of sp³-hybridized carbons (Fsp3) is 0.222. The van der Waals surface area contributed by atoms with Crippen LogP contribution in [-0.2, 0) is 6.42 Å². The summed E-state index contributed by atoms with van der Waals surface area (Å²) in [5, 5.41) is 9.15. The van der Waals surface area contributed by atoms with Crippen molar-refractivity contribution in [2.75, 3.05) is 7.11 Å². The summed E-state index contributed by atoms with van der Waals surface area (Å²) < 4.78 is 4.95. The monoisotopic (exact) mass is 151 g/mol. The molecule has 1 rings (SSSR count). The maximum Gasteiger partial charge on any atom is 0.122 e. The zero-order valence-electron chi connectivity index (χ0n) is 6.50. The van der Waals surface area contributed by atoms with E-state index in [2.05, 4.69) is 6.92 Å². The topological polar surface area (TPSA) is 29.5 Å². The van der Waals surface area contributed by atoms with Crippen LogP contribution in [0, 0.1) is 6.92 Å². The van der Waals surface area contributed by atoms with Crippen molar-refractivity contribution in [3.8, 4) is 11.5 Å². The molecule has 1 N–H and O–H groups in total. The van der Waals surface area contributed by atoms with E-state index < -0.39 is 0 Å². The summed E-state index contributed by atoms with van der Waals surface area (Å²) in [6, 6.07) is 5.10. The molecule has 0 bridgehead atoms. The van der Waals surface area contributed by atoms with Gasteiger partial charge in [-0.05, 0) is 31.0 Å². The molecule has 0 saturated heterocycles. The average Bonchev–Trinajstić information content (AvgIpc) is 2.03. The second-order valence-electron chi connectivity index (χ2n) is 2.29. The number of phenolic OH excluding ortho intramolecular Hbond substituents is 1. The van der Waals surface area contributed by atoms with E-state index >= 15 is 0 Å². The molecule has 0 fully saturated rings. The Morgan fingerprint density at radius 1 is 1.45 bits per heavy atom. The number of rotatable bonds is 2. The van der Waals surface area contributed by atoms with E-state index in [9.17, 15) is 0 Å². The molecule has 0 atom stereocenters. The molecule has 1 radical (unpaired) electrons. The highest BCUT2D eigenvalue weighted by atomic mass is 16.5. The quantitative estimate of drug-likeness (QED) is 0.698. The Bertz CT molecular complexity index is 221. The molecule has 0 saturated carbocycles. The lowest BCUT2D eigenvalue weighted by Gasteiger charge is -2.02. The van der Waals surface area contributed by atoms with Gasteiger partial charge >= 0.3 is 0 Å². The molecular weight excluding hydrogens is 140 g/mol. The second kappa shape index (κ2) is 3.28. The van der Waals surface area contributed by atoms with Gasteiger partial charge in [-0.3, -0.25) is 0 Å². The zero-order valence-corrected chi connectivity index (χ0v) is 6.50. The van der Waals surface area contributed by atoms with Crippen LogP contribution in [0.4, 0.5) is 0 Å². The van der Waals surface area contributed by atoms with E-state index in [4.69, 9.17) is 9.84 Å². The first-order valence-electron chi connectivity index (χ1n) is 3.42. The predicted octanol–water partition coefficient (Wildman–Crippen LogP) is 1.78. The fourth-order valence-corrected chi connectivity index (χ4v) is 0.906. The average molecular weight is 151 g/mol. The molecule has 1 aromatic rings. The maximum absolute atomic E-state index is 9.15. The third-order valence-corrected chi connectivity index (χ3v) is 1.48. The molecule has 2 heteroatoms. The number of hydrogen-bond acceptors (Lipinski definition) is 2. The van der Waals surface area contributed by atoms with E-state index in [1.807, 2.05) is 6.07 Å². The molecule has 1 aromatic carbocycles. The summed E-state index contributed by atoms with van der Waals surface area (Å²) in [6.45, 7) is 3.71. The Balaban J connectivity index is 3.02. The fourth-order valence-electron chi connectivity index (χ4n) is 0.906. The smallest absolute Gasteiger partial charge is 0.122 e. The number of aromatic hydroxyl groups is 1. The number of phenols is 1. The summed E-state index contributed by atoms with van der Waals surface area (Å²) in [6.07, 6.45) is 0.658. The van der Waals surface area contributed by atoms with Crippen molar-refractivity contribution < 1.29 is 9.84 Å². The van der Waals surface area contributed by atoms with Gasteiger partial charge in [0, 0.05) is 6.07 Å². The van der Waals surface area contributed by atoms with E-state index in [0.717, 1.165) is 5.56 Å². The standard InChI is InChI=1S/C9H11O2/c1-3-7-4-8(10)6-9(5-7)11-2/h4-6,10H,1,3H2,2H3. The van der Waals surface area contributed by atoms with Crippen LogP contribution >= 0.6 is 0 Å². The lowest BCUT2D eigenvalue weighted by molar-refractivity contribution is 0.407. The van der Waals surface area contributed by atoms with Crippen molar-refractivity contribution in [2.45, 2.75) is 6.42 Å². The van der Waals surface area contributed by atoms with Crippen molar-refractivity contribution in [3.05, 3.63) is 30.7 Å². The number of ether oxygens (including phenoxy) is 1. The minimum atomic E-state index is 0.225. The maximum atomic E-state index is 9.15. The van der Waals surface area contributed by atoms with Crippen molar-refractivity contribution in [1.29, 1.82) is 0 Å². The minimum absolute atomic E-state index is 0.225. The van der Waals surface area contributed by atoms with Crippen molar-refractivity contribution in [3.63, 3.8) is 0 Å². The highest BCUT2D eigenvalue weighted by Crippen LogP contribution is 2.21. The van der Waals surface area contributed by atoms with Crippen LogP contribution < -0.4 is 4.74 Å². The lowest BCUT2D eigenvalue weighted by atomic mass is 10.1. The molecule has 0 amide bonds. The van der Waals surface area contributed by atoms with Gasteiger partial charge in [0.05, 0.1) is 7.11 Å². The highest BCUT2D eigenvalue weighted by molar-refractivity contribution is 5.37. The minimum Gasteiger partial charge on any atom is -0.508 e. The van der Waals surface area contributed by atoms with Gasteiger partial charge in [0.15, 0.2) is 0 Å². The summed E-state index contributed by atoms with van der Waals surface area (Å²) >= 11 is 0. The molecule has 0 aromatic heterocycles. The van der Waals surface area contributed by atoms with Crippen LogP contribution in [0.15, 0.2) is 18.2 Å². The number of hydrogen-bond donors (Lipinski definition) is 1. The van der Waals surface area contributed by atoms with E-state index in [1.54, 1.807) is 19.2 Å². The van der Waals surface area contributed by atoms with Gasteiger partial charge in [0.1, 0.15) is 11.5 Å². The van der Waals surface area contributed by atoms with Crippen LogP contribution in [-0.4, -0.2) is 12.2 Å². The molecular formula is C9H11O2. The molecule has 0 heterocycles. The Kier molecular flexibility index (Phi) is 2.36.